The van der Waals surface area contributed by atoms with E-state index in [0.717, 1.165) is 24.6 Å². The second-order valence-corrected chi connectivity index (χ2v) is 5.51. The Morgan fingerprint density at radius 2 is 2.10 bits per heavy atom. The molecule has 0 radical (unpaired) electrons. The Morgan fingerprint density at radius 3 is 2.86 bits per heavy atom. The van der Waals surface area contributed by atoms with E-state index in [1.54, 1.807) is 18.7 Å². The van der Waals surface area contributed by atoms with E-state index in [4.69, 9.17) is 5.73 Å². The van der Waals surface area contributed by atoms with Gasteiger partial charge in [-0.15, -0.1) is 0 Å². The lowest BCUT2D eigenvalue weighted by molar-refractivity contribution is 0.445. The molecule has 0 bridgehead atoms. The summed E-state index contributed by atoms with van der Waals surface area (Å²) in [6.45, 7) is 4.26. The van der Waals surface area contributed by atoms with Crippen molar-refractivity contribution < 1.29 is 0 Å². The molecule has 0 amide bonds. The van der Waals surface area contributed by atoms with Crippen molar-refractivity contribution >= 4 is 23.0 Å². The molecule has 1 aliphatic heterocycles. The molecule has 3 heterocycles. The molecular formula is C15H20N6. The van der Waals surface area contributed by atoms with Gasteiger partial charge in [0.2, 0.25) is 0 Å². The third-order valence-corrected chi connectivity index (χ3v) is 3.76. The number of piperidine rings is 1. The molecule has 3 N–H and O–H groups in total. The number of aromatic nitrogens is 3. The van der Waals surface area contributed by atoms with Crippen LogP contribution in [-0.2, 0) is 0 Å². The fraction of sp³-hybridized carbons (Fsp3) is 0.400. The quantitative estimate of drug-likeness (QED) is 0.901. The van der Waals surface area contributed by atoms with Crippen LogP contribution in [0.4, 0.5) is 23.0 Å². The number of nitrogens with zero attached hydrogens (tertiary/aromatic N) is 4. The molecule has 21 heavy (non-hydrogen) atoms. The average molecular weight is 284 g/mol. The van der Waals surface area contributed by atoms with Crippen molar-refractivity contribution in [1.82, 2.24) is 15.0 Å². The lowest BCUT2D eigenvalue weighted by atomic mass is 10.0. The molecule has 0 spiro atoms. The standard InChI is InChI=1S/C15H20N6/c1-11-3-2-8-21(9-11)15-13(16)14(18-10-19-15)20-12-4-6-17-7-5-12/h4-7,10-11H,2-3,8-9,16H2,1H3,(H,17,18,19,20). The molecule has 0 saturated carbocycles. The zero-order chi connectivity index (χ0) is 14.7. The van der Waals surface area contributed by atoms with E-state index < -0.39 is 0 Å². The number of pyridine rings is 1. The molecule has 2 aromatic heterocycles. The van der Waals surface area contributed by atoms with E-state index in [0.29, 0.717) is 17.4 Å². The van der Waals surface area contributed by atoms with Gasteiger partial charge in [0.15, 0.2) is 11.6 Å². The van der Waals surface area contributed by atoms with Crippen LogP contribution in [0.1, 0.15) is 19.8 Å². The number of hydrogen-bond donors (Lipinski definition) is 2. The summed E-state index contributed by atoms with van der Waals surface area (Å²) in [5.74, 6) is 2.14. The van der Waals surface area contributed by atoms with Crippen LogP contribution in [0.25, 0.3) is 0 Å². The molecule has 3 rings (SSSR count). The number of nitrogens with one attached hydrogen (secondary N) is 1. The third-order valence-electron chi connectivity index (χ3n) is 3.76. The summed E-state index contributed by atoms with van der Waals surface area (Å²) < 4.78 is 0. The highest BCUT2D eigenvalue weighted by Crippen LogP contribution is 2.30. The van der Waals surface area contributed by atoms with Gasteiger partial charge in [-0.05, 0) is 30.9 Å². The molecule has 0 aliphatic carbocycles. The summed E-state index contributed by atoms with van der Waals surface area (Å²) in [7, 11) is 0. The molecule has 2 aromatic rings. The topological polar surface area (TPSA) is 80.0 Å². The van der Waals surface area contributed by atoms with E-state index in [-0.39, 0.29) is 0 Å². The maximum atomic E-state index is 6.26. The van der Waals surface area contributed by atoms with Gasteiger partial charge >= 0.3 is 0 Å². The van der Waals surface area contributed by atoms with Gasteiger partial charge in [-0.2, -0.15) is 0 Å². The van der Waals surface area contributed by atoms with Crippen molar-refractivity contribution in [2.45, 2.75) is 19.8 Å². The van der Waals surface area contributed by atoms with E-state index in [9.17, 15) is 0 Å². The zero-order valence-electron chi connectivity index (χ0n) is 12.2. The van der Waals surface area contributed by atoms with Gasteiger partial charge in [0.05, 0.1) is 0 Å². The summed E-state index contributed by atoms with van der Waals surface area (Å²) in [6.07, 6.45) is 7.47. The zero-order valence-corrected chi connectivity index (χ0v) is 12.2. The van der Waals surface area contributed by atoms with Crippen molar-refractivity contribution in [1.29, 1.82) is 0 Å². The second-order valence-electron chi connectivity index (χ2n) is 5.51. The first-order valence-corrected chi connectivity index (χ1v) is 7.26. The molecule has 1 unspecified atom stereocenters. The smallest absolute Gasteiger partial charge is 0.159 e. The molecule has 1 saturated heterocycles. The van der Waals surface area contributed by atoms with Gasteiger partial charge in [0.1, 0.15) is 12.0 Å². The fourth-order valence-corrected chi connectivity index (χ4v) is 2.69. The largest absolute Gasteiger partial charge is 0.393 e. The predicted octanol–water partition coefficient (Wildman–Crippen LogP) is 2.43. The van der Waals surface area contributed by atoms with Gasteiger partial charge in [-0.25, -0.2) is 9.97 Å². The number of nitrogen functional groups attached to an aromatic ring is 1. The summed E-state index contributed by atoms with van der Waals surface area (Å²) >= 11 is 0. The highest BCUT2D eigenvalue weighted by molar-refractivity contribution is 5.78. The Bertz CT molecular complexity index is 600. The van der Waals surface area contributed by atoms with E-state index in [1.807, 2.05) is 12.1 Å². The number of nitrogens with two attached hydrogens (primary N) is 1. The first kappa shape index (κ1) is 13.6. The monoisotopic (exact) mass is 284 g/mol. The summed E-state index contributed by atoms with van der Waals surface area (Å²) in [6, 6.07) is 3.76. The van der Waals surface area contributed by atoms with Crippen LogP contribution in [0.2, 0.25) is 0 Å². The summed E-state index contributed by atoms with van der Waals surface area (Å²) in [4.78, 5) is 14.9. The lowest BCUT2D eigenvalue weighted by Gasteiger charge is -2.32. The number of hydrogen-bond acceptors (Lipinski definition) is 6. The van der Waals surface area contributed by atoms with Crippen LogP contribution >= 0.6 is 0 Å². The Labute approximate surface area is 124 Å². The molecule has 0 aromatic carbocycles. The molecule has 1 atom stereocenters. The molecule has 6 heteroatoms. The molecule has 1 fully saturated rings. The first-order chi connectivity index (χ1) is 10.2. The Hall–Kier alpha value is -2.37. The van der Waals surface area contributed by atoms with Crippen LogP contribution < -0.4 is 16.0 Å². The van der Waals surface area contributed by atoms with Crippen molar-refractivity contribution in [3.05, 3.63) is 30.9 Å². The predicted molar refractivity (Wildman–Crippen MR) is 84.6 cm³/mol. The minimum atomic E-state index is 0.600. The molecule has 6 nitrogen and oxygen atoms in total. The minimum absolute atomic E-state index is 0.600. The van der Waals surface area contributed by atoms with Crippen molar-refractivity contribution in [3.63, 3.8) is 0 Å². The molecule has 1 aliphatic rings. The Balaban J connectivity index is 1.85. The maximum Gasteiger partial charge on any atom is 0.159 e. The molecule has 110 valence electrons. The third kappa shape index (κ3) is 3.04. The maximum absolute atomic E-state index is 6.26. The van der Waals surface area contributed by atoms with Gasteiger partial charge in [0.25, 0.3) is 0 Å². The van der Waals surface area contributed by atoms with E-state index in [1.165, 1.54) is 12.8 Å². The van der Waals surface area contributed by atoms with Crippen LogP contribution in [0.3, 0.4) is 0 Å². The van der Waals surface area contributed by atoms with Crippen LogP contribution in [0.5, 0.6) is 0 Å². The SMILES string of the molecule is CC1CCCN(c2ncnc(Nc3ccncc3)c2N)C1. The lowest BCUT2D eigenvalue weighted by Crippen LogP contribution is -2.35. The highest BCUT2D eigenvalue weighted by atomic mass is 15.2. The average Bonchev–Trinajstić information content (AvgIpc) is 2.50. The number of rotatable bonds is 3. The van der Waals surface area contributed by atoms with Crippen LogP contribution in [0.15, 0.2) is 30.9 Å². The summed E-state index contributed by atoms with van der Waals surface area (Å²) in [5, 5.41) is 3.22. The number of anilines is 4. The van der Waals surface area contributed by atoms with E-state index >= 15 is 0 Å². The second kappa shape index (κ2) is 5.95. The highest BCUT2D eigenvalue weighted by Gasteiger charge is 2.21. The van der Waals surface area contributed by atoms with Crippen molar-refractivity contribution in [3.8, 4) is 0 Å². The molecular weight excluding hydrogens is 264 g/mol. The fourth-order valence-electron chi connectivity index (χ4n) is 2.69. The van der Waals surface area contributed by atoms with Gasteiger partial charge in [-0.1, -0.05) is 6.92 Å². The van der Waals surface area contributed by atoms with E-state index in [2.05, 4.69) is 32.1 Å². The minimum Gasteiger partial charge on any atom is -0.393 e. The Kier molecular flexibility index (Phi) is 3.85. The van der Waals surface area contributed by atoms with Gasteiger partial charge < -0.3 is 16.0 Å². The normalized spacial score (nSPS) is 18.5. The van der Waals surface area contributed by atoms with Gasteiger partial charge in [0, 0.05) is 31.2 Å². The van der Waals surface area contributed by atoms with Crippen LogP contribution in [0, 0.1) is 5.92 Å². The van der Waals surface area contributed by atoms with Gasteiger partial charge in [-0.3, -0.25) is 4.98 Å². The summed E-state index contributed by atoms with van der Waals surface area (Å²) in [5.41, 5.74) is 7.77. The first-order valence-electron chi connectivity index (χ1n) is 7.26. The van der Waals surface area contributed by atoms with Crippen molar-refractivity contribution in [2.24, 2.45) is 5.92 Å². The van der Waals surface area contributed by atoms with Crippen LogP contribution in [-0.4, -0.2) is 28.0 Å². The van der Waals surface area contributed by atoms with Crippen molar-refractivity contribution in [2.75, 3.05) is 29.0 Å². The Morgan fingerprint density at radius 1 is 1.29 bits per heavy atom.